The molecule has 0 heterocycles. The van der Waals surface area contributed by atoms with Gasteiger partial charge in [0, 0.05) is 6.61 Å². The van der Waals surface area contributed by atoms with Crippen LogP contribution in [0.4, 0.5) is 0 Å². The van der Waals surface area contributed by atoms with Crippen molar-refractivity contribution < 1.29 is 4.43 Å². The number of hydrogen-bond donors (Lipinski definition) is 0. The quantitative estimate of drug-likeness (QED) is 0.611. The minimum absolute atomic E-state index is 0.317. The lowest BCUT2D eigenvalue weighted by Crippen LogP contribution is -2.38. The average molecular weight is 202 g/mol. The molecule has 0 unspecified atom stereocenters. The van der Waals surface area contributed by atoms with Crippen molar-refractivity contribution in [2.45, 2.75) is 59.7 Å². The van der Waals surface area contributed by atoms with Gasteiger partial charge < -0.3 is 4.43 Å². The Morgan fingerprint density at radius 1 is 0.923 bits per heavy atom. The van der Waals surface area contributed by atoms with Crippen LogP contribution in [-0.2, 0) is 4.43 Å². The van der Waals surface area contributed by atoms with Crippen molar-refractivity contribution in [2.24, 2.45) is 5.41 Å². The van der Waals surface area contributed by atoms with Crippen LogP contribution in [0.15, 0.2) is 0 Å². The molecule has 1 nitrogen and oxygen atoms in total. The van der Waals surface area contributed by atoms with Crippen molar-refractivity contribution >= 4 is 8.32 Å². The predicted molar refractivity (Wildman–Crippen MR) is 62.6 cm³/mol. The lowest BCUT2D eigenvalue weighted by Gasteiger charge is -2.31. The summed E-state index contributed by atoms with van der Waals surface area (Å²) in [6.45, 7) is 14.5. The third-order valence-corrected chi connectivity index (χ3v) is 7.37. The molecule has 80 valence electrons. The standard InChI is InChI=1S/C11H26OSi/c1-7-13(8-2,9-3)12-10-11(4,5)6/h7-10H2,1-6H3. The Kier molecular flexibility index (Phi) is 5.23. The van der Waals surface area contributed by atoms with Gasteiger partial charge in [0.1, 0.15) is 0 Å². The van der Waals surface area contributed by atoms with Gasteiger partial charge in [-0.2, -0.15) is 0 Å². The Balaban J connectivity index is 4.11. The maximum atomic E-state index is 6.18. The molecule has 0 saturated carbocycles. The van der Waals surface area contributed by atoms with Gasteiger partial charge in [-0.25, -0.2) is 0 Å². The van der Waals surface area contributed by atoms with E-state index in [0.717, 1.165) is 6.61 Å². The second-order valence-electron chi connectivity index (χ2n) is 5.09. The van der Waals surface area contributed by atoms with Crippen LogP contribution in [0.5, 0.6) is 0 Å². The van der Waals surface area contributed by atoms with Crippen molar-refractivity contribution in [3.8, 4) is 0 Å². The maximum Gasteiger partial charge on any atom is 0.192 e. The summed E-state index contributed by atoms with van der Waals surface area (Å²) in [7, 11) is -1.33. The monoisotopic (exact) mass is 202 g/mol. The molecule has 0 aromatic heterocycles. The summed E-state index contributed by atoms with van der Waals surface area (Å²) in [6.07, 6.45) is 0. The highest BCUT2D eigenvalue weighted by Crippen LogP contribution is 2.25. The minimum atomic E-state index is -1.33. The Hall–Kier alpha value is 0.177. The van der Waals surface area contributed by atoms with Gasteiger partial charge in [0.2, 0.25) is 0 Å². The van der Waals surface area contributed by atoms with Crippen LogP contribution in [0.25, 0.3) is 0 Å². The molecule has 0 aliphatic heterocycles. The lowest BCUT2D eigenvalue weighted by molar-refractivity contribution is 0.186. The minimum Gasteiger partial charge on any atom is -0.416 e. The van der Waals surface area contributed by atoms with Crippen LogP contribution in [0, 0.1) is 5.41 Å². The van der Waals surface area contributed by atoms with Crippen molar-refractivity contribution in [2.75, 3.05) is 6.61 Å². The number of hydrogen-bond acceptors (Lipinski definition) is 1. The average Bonchev–Trinajstić information content (AvgIpc) is 2.06. The van der Waals surface area contributed by atoms with Crippen LogP contribution in [0.3, 0.4) is 0 Å². The molecule has 0 spiro atoms. The smallest absolute Gasteiger partial charge is 0.192 e. The topological polar surface area (TPSA) is 9.23 Å². The molecule has 0 amide bonds. The third kappa shape index (κ3) is 4.82. The van der Waals surface area contributed by atoms with Crippen LogP contribution < -0.4 is 0 Å². The normalized spacial score (nSPS) is 13.4. The van der Waals surface area contributed by atoms with Gasteiger partial charge in [-0.15, -0.1) is 0 Å². The van der Waals surface area contributed by atoms with Gasteiger partial charge in [0.25, 0.3) is 0 Å². The fourth-order valence-corrected chi connectivity index (χ4v) is 4.28. The summed E-state index contributed by atoms with van der Waals surface area (Å²) >= 11 is 0. The molecule has 0 N–H and O–H groups in total. The van der Waals surface area contributed by atoms with Gasteiger partial charge >= 0.3 is 0 Å². The van der Waals surface area contributed by atoms with Crippen LogP contribution in [0.2, 0.25) is 18.1 Å². The zero-order valence-corrected chi connectivity index (χ0v) is 11.2. The summed E-state index contributed by atoms with van der Waals surface area (Å²) in [5.74, 6) is 0. The molecule has 0 aromatic rings. The largest absolute Gasteiger partial charge is 0.416 e. The van der Waals surface area contributed by atoms with Gasteiger partial charge in [0.15, 0.2) is 8.32 Å². The third-order valence-electron chi connectivity index (χ3n) is 2.74. The summed E-state index contributed by atoms with van der Waals surface area (Å²) < 4.78 is 6.18. The molecule has 0 radical (unpaired) electrons. The second kappa shape index (κ2) is 5.16. The Labute approximate surface area is 85.0 Å². The molecule has 0 atom stereocenters. The van der Waals surface area contributed by atoms with Crippen LogP contribution in [0.1, 0.15) is 41.5 Å². The highest BCUT2D eigenvalue weighted by atomic mass is 28.4. The van der Waals surface area contributed by atoms with E-state index in [4.69, 9.17) is 4.43 Å². The van der Waals surface area contributed by atoms with Gasteiger partial charge in [-0.05, 0) is 23.5 Å². The van der Waals surface area contributed by atoms with E-state index in [0.29, 0.717) is 5.41 Å². The van der Waals surface area contributed by atoms with E-state index in [2.05, 4.69) is 41.5 Å². The summed E-state index contributed by atoms with van der Waals surface area (Å²) in [4.78, 5) is 0. The zero-order chi connectivity index (χ0) is 10.5. The first kappa shape index (κ1) is 13.2. The molecule has 0 aliphatic carbocycles. The fourth-order valence-electron chi connectivity index (χ4n) is 1.43. The summed E-state index contributed by atoms with van der Waals surface area (Å²) in [5, 5.41) is 0. The van der Waals surface area contributed by atoms with Gasteiger partial charge in [-0.1, -0.05) is 41.5 Å². The highest BCUT2D eigenvalue weighted by Gasteiger charge is 2.30. The summed E-state index contributed by atoms with van der Waals surface area (Å²) in [6, 6.07) is 3.78. The molecule has 2 heteroatoms. The van der Waals surface area contributed by atoms with E-state index >= 15 is 0 Å². The Morgan fingerprint density at radius 3 is 1.54 bits per heavy atom. The first-order chi connectivity index (χ1) is 5.89. The Morgan fingerprint density at radius 2 is 1.31 bits per heavy atom. The predicted octanol–water partition coefficient (Wildman–Crippen LogP) is 4.05. The molecule has 0 rings (SSSR count). The first-order valence-corrected chi connectivity index (χ1v) is 8.06. The molecule has 0 aliphatic rings. The van der Waals surface area contributed by atoms with Gasteiger partial charge in [-0.3, -0.25) is 0 Å². The molecule has 0 fully saturated rings. The Bertz CT molecular complexity index is 125. The van der Waals surface area contributed by atoms with E-state index in [9.17, 15) is 0 Å². The van der Waals surface area contributed by atoms with Crippen molar-refractivity contribution in [3.05, 3.63) is 0 Å². The summed E-state index contributed by atoms with van der Waals surface area (Å²) in [5.41, 5.74) is 0.317. The number of rotatable bonds is 5. The lowest BCUT2D eigenvalue weighted by atomic mass is 9.99. The van der Waals surface area contributed by atoms with Crippen LogP contribution >= 0.6 is 0 Å². The molecule has 0 bridgehead atoms. The van der Waals surface area contributed by atoms with Crippen molar-refractivity contribution in [1.82, 2.24) is 0 Å². The van der Waals surface area contributed by atoms with E-state index in [1.807, 2.05) is 0 Å². The maximum absolute atomic E-state index is 6.18. The van der Waals surface area contributed by atoms with E-state index < -0.39 is 8.32 Å². The second-order valence-corrected chi connectivity index (χ2v) is 9.87. The highest BCUT2D eigenvalue weighted by molar-refractivity contribution is 6.73. The van der Waals surface area contributed by atoms with Gasteiger partial charge in [0.05, 0.1) is 0 Å². The fraction of sp³-hybridized carbons (Fsp3) is 1.00. The van der Waals surface area contributed by atoms with Crippen molar-refractivity contribution in [3.63, 3.8) is 0 Å². The zero-order valence-electron chi connectivity index (χ0n) is 10.2. The SMILES string of the molecule is CC[Si](CC)(CC)OCC(C)(C)C. The molecular formula is C11H26OSi. The molecule has 0 aromatic carbocycles. The molecule has 0 saturated heterocycles. The molecule has 13 heavy (non-hydrogen) atoms. The first-order valence-electron chi connectivity index (χ1n) is 5.53. The molecular weight excluding hydrogens is 176 g/mol. The van der Waals surface area contributed by atoms with Crippen molar-refractivity contribution in [1.29, 1.82) is 0 Å². The van der Waals surface area contributed by atoms with E-state index in [-0.39, 0.29) is 0 Å². The van der Waals surface area contributed by atoms with E-state index in [1.165, 1.54) is 18.1 Å². The van der Waals surface area contributed by atoms with E-state index in [1.54, 1.807) is 0 Å². The van der Waals surface area contributed by atoms with Crippen LogP contribution in [-0.4, -0.2) is 14.9 Å².